The van der Waals surface area contributed by atoms with Gasteiger partial charge in [0.2, 0.25) is 0 Å². The highest BCUT2D eigenvalue weighted by molar-refractivity contribution is 5.91. The van der Waals surface area contributed by atoms with Crippen molar-refractivity contribution in [3.8, 4) is 0 Å². The van der Waals surface area contributed by atoms with Gasteiger partial charge in [-0.1, -0.05) is 0 Å². The molecule has 1 unspecified atom stereocenters. The molecule has 0 spiro atoms. The molecule has 0 bridgehead atoms. The molecule has 0 amide bonds. The Labute approximate surface area is 122 Å². The summed E-state index contributed by atoms with van der Waals surface area (Å²) in [5.41, 5.74) is 0.716. The molecule has 0 saturated carbocycles. The first kappa shape index (κ1) is 15.2. The van der Waals surface area contributed by atoms with E-state index in [4.69, 9.17) is 4.74 Å². The number of nitro benzene ring substituents is 1. The number of methoxy groups -OCH3 is 1. The molecule has 0 N–H and O–H groups in total. The molecule has 0 aliphatic carbocycles. The minimum atomic E-state index is -0.509. The molecule has 0 aromatic heterocycles. The van der Waals surface area contributed by atoms with Gasteiger partial charge in [0.05, 0.1) is 24.2 Å². The molecular formula is C14H18N2O5. The number of anilines is 1. The highest BCUT2D eigenvalue weighted by Crippen LogP contribution is 2.31. The fourth-order valence-electron chi connectivity index (χ4n) is 2.41. The van der Waals surface area contributed by atoms with Crippen LogP contribution in [0, 0.1) is 10.1 Å². The summed E-state index contributed by atoms with van der Waals surface area (Å²) < 4.78 is 10.1. The van der Waals surface area contributed by atoms with Crippen LogP contribution in [0.3, 0.4) is 0 Å². The molecule has 1 aliphatic heterocycles. The number of carbonyl (C=O) groups excluding carboxylic acids is 1. The smallest absolute Gasteiger partial charge is 0.337 e. The van der Waals surface area contributed by atoms with E-state index < -0.39 is 10.9 Å². The van der Waals surface area contributed by atoms with Gasteiger partial charge in [0.25, 0.3) is 5.69 Å². The summed E-state index contributed by atoms with van der Waals surface area (Å²) in [6.45, 7) is 3.72. The fraction of sp³-hybridized carbons (Fsp3) is 0.500. The lowest BCUT2D eigenvalue weighted by Gasteiger charge is -2.28. The summed E-state index contributed by atoms with van der Waals surface area (Å²) in [6, 6.07) is 4.28. The van der Waals surface area contributed by atoms with Gasteiger partial charge in [0.15, 0.2) is 0 Å². The molecule has 1 fully saturated rings. The maximum absolute atomic E-state index is 11.6. The predicted molar refractivity (Wildman–Crippen MR) is 76.7 cm³/mol. The molecule has 21 heavy (non-hydrogen) atoms. The van der Waals surface area contributed by atoms with Crippen molar-refractivity contribution in [1.82, 2.24) is 0 Å². The van der Waals surface area contributed by atoms with Gasteiger partial charge in [-0.3, -0.25) is 10.1 Å². The van der Waals surface area contributed by atoms with Crippen molar-refractivity contribution in [3.05, 3.63) is 33.9 Å². The minimum Gasteiger partial charge on any atom is -0.465 e. The normalized spacial score (nSPS) is 19.0. The zero-order chi connectivity index (χ0) is 15.4. The Balaban J connectivity index is 2.46. The van der Waals surface area contributed by atoms with Crippen molar-refractivity contribution in [3.63, 3.8) is 0 Å². The third-order valence-corrected chi connectivity index (χ3v) is 3.48. The highest BCUT2D eigenvalue weighted by atomic mass is 16.6. The van der Waals surface area contributed by atoms with Gasteiger partial charge in [-0.15, -0.1) is 0 Å². The Kier molecular flexibility index (Phi) is 4.74. The summed E-state index contributed by atoms with van der Waals surface area (Å²) in [5.74, 6) is -0.509. The van der Waals surface area contributed by atoms with Crippen LogP contribution >= 0.6 is 0 Å². The van der Waals surface area contributed by atoms with E-state index in [1.54, 1.807) is 0 Å². The zero-order valence-corrected chi connectivity index (χ0v) is 12.1. The van der Waals surface area contributed by atoms with E-state index >= 15 is 0 Å². The molecule has 0 radical (unpaired) electrons. The third-order valence-electron chi connectivity index (χ3n) is 3.48. The van der Waals surface area contributed by atoms with Crippen molar-refractivity contribution in [2.75, 3.05) is 31.8 Å². The van der Waals surface area contributed by atoms with E-state index in [0.717, 1.165) is 6.42 Å². The van der Waals surface area contributed by atoms with Crippen LogP contribution in [0.2, 0.25) is 0 Å². The van der Waals surface area contributed by atoms with Crippen LogP contribution < -0.4 is 4.90 Å². The van der Waals surface area contributed by atoms with E-state index in [-0.39, 0.29) is 11.7 Å². The lowest BCUT2D eigenvalue weighted by Crippen LogP contribution is -2.35. The Bertz CT molecular complexity index is 546. The zero-order valence-electron chi connectivity index (χ0n) is 12.1. The first-order valence-electron chi connectivity index (χ1n) is 6.75. The molecule has 2 rings (SSSR count). The second-order valence-corrected chi connectivity index (χ2v) is 4.92. The summed E-state index contributed by atoms with van der Waals surface area (Å²) in [5, 5.41) is 11.2. The van der Waals surface area contributed by atoms with Crippen LogP contribution in [0.5, 0.6) is 0 Å². The van der Waals surface area contributed by atoms with Crippen LogP contribution in [0.25, 0.3) is 0 Å². The quantitative estimate of drug-likeness (QED) is 0.482. The predicted octanol–water partition coefficient (Wildman–Crippen LogP) is 2.00. The summed E-state index contributed by atoms with van der Waals surface area (Å²) in [4.78, 5) is 24.4. The molecule has 7 heteroatoms. The largest absolute Gasteiger partial charge is 0.465 e. The maximum atomic E-state index is 11.6. The Morgan fingerprint density at radius 3 is 2.95 bits per heavy atom. The highest BCUT2D eigenvalue weighted by Gasteiger charge is 2.26. The Morgan fingerprint density at radius 2 is 2.29 bits per heavy atom. The fourth-order valence-corrected chi connectivity index (χ4v) is 2.41. The number of benzene rings is 1. The van der Waals surface area contributed by atoms with Crippen LogP contribution in [0.4, 0.5) is 11.4 Å². The average Bonchev–Trinajstić information content (AvgIpc) is 2.70. The van der Waals surface area contributed by atoms with Gasteiger partial charge in [0, 0.05) is 25.3 Å². The number of nitrogens with zero attached hydrogens (tertiary/aromatic N) is 2. The number of hydrogen-bond acceptors (Lipinski definition) is 6. The van der Waals surface area contributed by atoms with Gasteiger partial charge in [0.1, 0.15) is 5.69 Å². The molecule has 7 nitrogen and oxygen atoms in total. The third kappa shape index (κ3) is 3.30. The lowest BCUT2D eigenvalue weighted by molar-refractivity contribution is -0.384. The Morgan fingerprint density at radius 1 is 1.52 bits per heavy atom. The first-order valence-corrected chi connectivity index (χ1v) is 6.75. The molecule has 114 valence electrons. The number of nitro groups is 1. The van der Waals surface area contributed by atoms with Crippen molar-refractivity contribution in [1.29, 1.82) is 0 Å². The SMILES string of the molecule is COC(=O)c1ccc([N+](=O)[O-])c(N2CCCOCC2C)c1. The van der Waals surface area contributed by atoms with Gasteiger partial charge in [-0.2, -0.15) is 0 Å². The van der Waals surface area contributed by atoms with Crippen LogP contribution in [-0.2, 0) is 9.47 Å². The minimum absolute atomic E-state index is 0.000836. The van der Waals surface area contributed by atoms with Gasteiger partial charge in [-0.05, 0) is 25.5 Å². The molecule has 1 aliphatic rings. The second-order valence-electron chi connectivity index (χ2n) is 4.92. The van der Waals surface area contributed by atoms with E-state index in [0.29, 0.717) is 31.0 Å². The van der Waals surface area contributed by atoms with Crippen molar-refractivity contribution in [2.45, 2.75) is 19.4 Å². The van der Waals surface area contributed by atoms with Crippen LogP contribution in [0.15, 0.2) is 18.2 Å². The second kappa shape index (κ2) is 6.53. The number of rotatable bonds is 3. The van der Waals surface area contributed by atoms with Gasteiger partial charge < -0.3 is 14.4 Å². The topological polar surface area (TPSA) is 81.9 Å². The van der Waals surface area contributed by atoms with E-state index in [1.165, 1.54) is 25.3 Å². The average molecular weight is 294 g/mol. The number of ether oxygens (including phenoxy) is 2. The number of esters is 1. The standard InChI is InChI=1S/C14H18N2O5/c1-10-9-21-7-3-6-15(10)13-8-11(14(17)20-2)4-5-12(13)16(18)19/h4-5,8,10H,3,6-7,9H2,1-2H3. The number of hydrogen-bond donors (Lipinski definition) is 0. The summed E-state index contributed by atoms with van der Waals surface area (Å²) in [6.07, 6.45) is 0.782. The van der Waals surface area contributed by atoms with Crippen molar-refractivity contribution < 1.29 is 19.2 Å². The van der Waals surface area contributed by atoms with Crippen LogP contribution in [0.1, 0.15) is 23.7 Å². The molecule has 1 heterocycles. The maximum Gasteiger partial charge on any atom is 0.337 e. The van der Waals surface area contributed by atoms with Gasteiger partial charge in [-0.25, -0.2) is 4.79 Å². The Hall–Kier alpha value is -2.15. The monoisotopic (exact) mass is 294 g/mol. The van der Waals surface area contributed by atoms with Crippen LogP contribution in [-0.4, -0.2) is 43.8 Å². The van der Waals surface area contributed by atoms with E-state index in [2.05, 4.69) is 4.74 Å². The molecule has 1 aromatic rings. The van der Waals surface area contributed by atoms with Crippen molar-refractivity contribution >= 4 is 17.3 Å². The summed E-state index contributed by atoms with van der Waals surface area (Å²) in [7, 11) is 1.28. The van der Waals surface area contributed by atoms with E-state index in [1.807, 2.05) is 11.8 Å². The van der Waals surface area contributed by atoms with E-state index in [9.17, 15) is 14.9 Å². The van der Waals surface area contributed by atoms with Crippen molar-refractivity contribution in [2.24, 2.45) is 0 Å². The molecule has 1 aromatic carbocycles. The number of carbonyl (C=O) groups is 1. The molecule has 1 atom stereocenters. The molecular weight excluding hydrogens is 276 g/mol. The van der Waals surface area contributed by atoms with Gasteiger partial charge >= 0.3 is 5.97 Å². The molecule has 1 saturated heterocycles. The first-order chi connectivity index (χ1) is 10.0. The lowest BCUT2D eigenvalue weighted by atomic mass is 10.1. The summed E-state index contributed by atoms with van der Waals surface area (Å²) >= 11 is 0.